The molecule has 0 saturated heterocycles. The van der Waals surface area contributed by atoms with Crippen molar-refractivity contribution in [2.45, 2.75) is 6.54 Å². The van der Waals surface area contributed by atoms with Gasteiger partial charge in [-0.3, -0.25) is 0 Å². The molecule has 0 aliphatic rings. The summed E-state index contributed by atoms with van der Waals surface area (Å²) in [5.74, 6) is 1.11. The molecule has 0 spiro atoms. The van der Waals surface area contributed by atoms with Crippen molar-refractivity contribution < 1.29 is 9.13 Å². The van der Waals surface area contributed by atoms with Crippen LogP contribution in [0.3, 0.4) is 0 Å². The van der Waals surface area contributed by atoms with Gasteiger partial charge in [0, 0.05) is 36.1 Å². The molecule has 0 amide bonds. The van der Waals surface area contributed by atoms with E-state index in [9.17, 15) is 4.39 Å². The van der Waals surface area contributed by atoms with E-state index in [-0.39, 0.29) is 5.82 Å². The number of ether oxygens (including phenoxy) is 1. The van der Waals surface area contributed by atoms with Crippen LogP contribution in [0.5, 0.6) is 5.88 Å². The lowest BCUT2D eigenvalue weighted by Crippen LogP contribution is -2.05. The molecule has 0 aliphatic heterocycles. The number of halogens is 1. The average Bonchev–Trinajstić information content (AvgIpc) is 3.12. The molecule has 0 radical (unpaired) electrons. The normalized spacial score (nSPS) is 10.8. The number of aromatic nitrogens is 4. The van der Waals surface area contributed by atoms with Gasteiger partial charge in [-0.2, -0.15) is 9.61 Å². The van der Waals surface area contributed by atoms with E-state index in [1.54, 1.807) is 48.4 Å². The van der Waals surface area contributed by atoms with Crippen LogP contribution in [-0.4, -0.2) is 26.7 Å². The molecule has 0 atom stereocenters. The Bertz CT molecular complexity index is 1030. The van der Waals surface area contributed by atoms with Gasteiger partial charge < -0.3 is 10.1 Å². The van der Waals surface area contributed by atoms with Crippen LogP contribution in [0.15, 0.2) is 61.1 Å². The molecular formula is C19H16FN5O. The fourth-order valence-electron chi connectivity index (χ4n) is 2.68. The molecule has 4 rings (SSSR count). The van der Waals surface area contributed by atoms with Crippen molar-refractivity contribution in [3.63, 3.8) is 0 Å². The minimum atomic E-state index is -0.245. The van der Waals surface area contributed by atoms with E-state index in [1.807, 2.05) is 12.1 Å². The molecule has 3 heterocycles. The highest BCUT2D eigenvalue weighted by Gasteiger charge is 2.11. The number of hydrogen-bond donors (Lipinski definition) is 1. The van der Waals surface area contributed by atoms with Crippen molar-refractivity contribution in [2.24, 2.45) is 0 Å². The van der Waals surface area contributed by atoms with E-state index in [2.05, 4.69) is 20.4 Å². The van der Waals surface area contributed by atoms with Gasteiger partial charge in [-0.25, -0.2) is 14.4 Å². The van der Waals surface area contributed by atoms with Crippen LogP contribution in [0.4, 0.5) is 10.2 Å². The topological polar surface area (TPSA) is 64.3 Å². The van der Waals surface area contributed by atoms with E-state index in [1.165, 1.54) is 12.1 Å². The lowest BCUT2D eigenvalue weighted by molar-refractivity contribution is 0.398. The Kier molecular flexibility index (Phi) is 4.18. The summed E-state index contributed by atoms with van der Waals surface area (Å²) in [5.41, 5.74) is 3.48. The minimum Gasteiger partial charge on any atom is -0.481 e. The van der Waals surface area contributed by atoms with Crippen LogP contribution >= 0.6 is 0 Å². The zero-order chi connectivity index (χ0) is 17.9. The number of hydrogen-bond acceptors (Lipinski definition) is 5. The highest BCUT2D eigenvalue weighted by atomic mass is 19.1. The van der Waals surface area contributed by atoms with Gasteiger partial charge in [0.05, 0.1) is 13.3 Å². The first-order chi connectivity index (χ1) is 12.7. The van der Waals surface area contributed by atoms with Gasteiger partial charge in [-0.05, 0) is 29.8 Å². The van der Waals surface area contributed by atoms with Crippen molar-refractivity contribution in [3.05, 3.63) is 72.4 Å². The molecule has 1 aromatic carbocycles. The number of nitrogens with one attached hydrogen (secondary N) is 1. The monoisotopic (exact) mass is 349 g/mol. The lowest BCUT2D eigenvalue weighted by Gasteiger charge is -2.08. The van der Waals surface area contributed by atoms with E-state index < -0.39 is 0 Å². The molecule has 1 N–H and O–H groups in total. The Labute approximate surface area is 149 Å². The first-order valence-electron chi connectivity index (χ1n) is 8.06. The summed E-state index contributed by atoms with van der Waals surface area (Å²) in [7, 11) is 1.58. The molecule has 26 heavy (non-hydrogen) atoms. The van der Waals surface area contributed by atoms with Gasteiger partial charge in [0.15, 0.2) is 5.65 Å². The van der Waals surface area contributed by atoms with Crippen molar-refractivity contribution in [1.29, 1.82) is 0 Å². The third kappa shape index (κ3) is 3.06. The maximum absolute atomic E-state index is 13.0. The zero-order valence-corrected chi connectivity index (χ0v) is 14.1. The van der Waals surface area contributed by atoms with Crippen LogP contribution in [0.1, 0.15) is 5.56 Å². The van der Waals surface area contributed by atoms with Crippen LogP contribution in [0.25, 0.3) is 16.8 Å². The second-order valence-corrected chi connectivity index (χ2v) is 5.69. The maximum atomic E-state index is 13.0. The summed E-state index contributed by atoms with van der Waals surface area (Å²) in [6.07, 6.45) is 5.22. The largest absolute Gasteiger partial charge is 0.481 e. The summed E-state index contributed by atoms with van der Waals surface area (Å²) in [4.78, 5) is 8.67. The predicted molar refractivity (Wildman–Crippen MR) is 96.5 cm³/mol. The van der Waals surface area contributed by atoms with E-state index in [0.717, 1.165) is 28.2 Å². The highest BCUT2D eigenvalue weighted by molar-refractivity contribution is 5.77. The Hall–Kier alpha value is -3.48. The molecule has 0 aliphatic carbocycles. The minimum absolute atomic E-state index is 0.245. The van der Waals surface area contributed by atoms with Crippen molar-refractivity contribution in [3.8, 4) is 17.0 Å². The predicted octanol–water partition coefficient (Wildman–Crippen LogP) is 3.55. The molecule has 6 nitrogen and oxygen atoms in total. The van der Waals surface area contributed by atoms with E-state index in [0.29, 0.717) is 12.4 Å². The van der Waals surface area contributed by atoms with Crippen LogP contribution in [0.2, 0.25) is 0 Å². The van der Waals surface area contributed by atoms with Gasteiger partial charge in [0.2, 0.25) is 5.88 Å². The molecule has 0 saturated carbocycles. The molecule has 4 aromatic rings. The number of anilines is 1. The van der Waals surface area contributed by atoms with Gasteiger partial charge in [-0.15, -0.1) is 0 Å². The molecular weight excluding hydrogens is 333 g/mol. The number of pyridine rings is 1. The fraction of sp³-hybridized carbons (Fsp3) is 0.105. The standard InChI is InChI=1S/C19H16FN5O/c1-26-18-7-4-14(11-23-18)16-12-24-25-17(8-9-21-19(16)25)22-10-13-2-5-15(20)6-3-13/h2-9,11-12,22H,10H2,1H3. The maximum Gasteiger partial charge on any atom is 0.212 e. The molecule has 0 unspecified atom stereocenters. The molecule has 0 bridgehead atoms. The Morgan fingerprint density at radius 3 is 2.62 bits per heavy atom. The number of nitrogens with zero attached hydrogens (tertiary/aromatic N) is 4. The van der Waals surface area contributed by atoms with Crippen molar-refractivity contribution in [1.82, 2.24) is 19.6 Å². The summed E-state index contributed by atoms with van der Waals surface area (Å²) in [6, 6.07) is 12.0. The van der Waals surface area contributed by atoms with Gasteiger partial charge in [-0.1, -0.05) is 12.1 Å². The van der Waals surface area contributed by atoms with Gasteiger partial charge >= 0.3 is 0 Å². The number of benzene rings is 1. The fourth-order valence-corrected chi connectivity index (χ4v) is 2.68. The smallest absolute Gasteiger partial charge is 0.212 e. The van der Waals surface area contributed by atoms with Crippen LogP contribution in [0, 0.1) is 5.82 Å². The zero-order valence-electron chi connectivity index (χ0n) is 14.1. The quantitative estimate of drug-likeness (QED) is 0.597. The summed E-state index contributed by atoms with van der Waals surface area (Å²) in [5, 5.41) is 7.75. The van der Waals surface area contributed by atoms with Gasteiger partial charge in [0.25, 0.3) is 0 Å². The van der Waals surface area contributed by atoms with Crippen LogP contribution < -0.4 is 10.1 Å². The number of methoxy groups -OCH3 is 1. The van der Waals surface area contributed by atoms with Crippen molar-refractivity contribution >= 4 is 11.5 Å². The summed E-state index contributed by atoms with van der Waals surface area (Å²) in [6.45, 7) is 0.554. The third-order valence-electron chi connectivity index (χ3n) is 4.04. The van der Waals surface area contributed by atoms with Gasteiger partial charge in [0.1, 0.15) is 11.6 Å². The second-order valence-electron chi connectivity index (χ2n) is 5.69. The second kappa shape index (κ2) is 6.79. The highest BCUT2D eigenvalue weighted by Crippen LogP contribution is 2.25. The van der Waals surface area contributed by atoms with Crippen molar-refractivity contribution in [2.75, 3.05) is 12.4 Å². The number of rotatable bonds is 5. The Balaban J connectivity index is 1.62. The Morgan fingerprint density at radius 2 is 1.88 bits per heavy atom. The Morgan fingerprint density at radius 1 is 1.04 bits per heavy atom. The molecule has 3 aromatic heterocycles. The van der Waals surface area contributed by atoms with Crippen LogP contribution in [-0.2, 0) is 6.54 Å². The number of fused-ring (bicyclic) bond motifs is 1. The SMILES string of the molecule is COc1ccc(-c2cnn3c(NCc4ccc(F)cc4)ccnc23)cn1. The average molecular weight is 349 g/mol. The molecule has 130 valence electrons. The lowest BCUT2D eigenvalue weighted by atomic mass is 10.1. The summed E-state index contributed by atoms with van der Waals surface area (Å²) < 4.78 is 19.8. The van der Waals surface area contributed by atoms with E-state index in [4.69, 9.17) is 4.74 Å². The first kappa shape index (κ1) is 16.0. The molecule has 7 heteroatoms. The third-order valence-corrected chi connectivity index (χ3v) is 4.04. The molecule has 0 fully saturated rings. The summed E-state index contributed by atoms with van der Waals surface area (Å²) >= 11 is 0. The first-order valence-corrected chi connectivity index (χ1v) is 8.06. The van der Waals surface area contributed by atoms with E-state index >= 15 is 0 Å².